The first kappa shape index (κ1) is 23.7. The summed E-state index contributed by atoms with van der Waals surface area (Å²) >= 11 is 0. The number of fused-ring (bicyclic) bond motifs is 1. The predicted octanol–water partition coefficient (Wildman–Crippen LogP) is -1.13. The van der Waals surface area contributed by atoms with Gasteiger partial charge in [-0.05, 0) is 13.8 Å². The summed E-state index contributed by atoms with van der Waals surface area (Å²) in [6, 6.07) is 0. The van der Waals surface area contributed by atoms with Crippen molar-refractivity contribution in [2.75, 3.05) is 86.1 Å². The zero-order chi connectivity index (χ0) is 21.9. The van der Waals surface area contributed by atoms with E-state index < -0.39 is 0 Å². The lowest BCUT2D eigenvalue weighted by atomic mass is 10.3. The molecule has 0 saturated heterocycles. The monoisotopic (exact) mass is 424 g/mol. The van der Waals surface area contributed by atoms with Gasteiger partial charge in [-0.3, -0.25) is 0 Å². The number of hydrogen-bond acceptors (Lipinski definition) is 12. The molecule has 2 aromatic heterocycles. The van der Waals surface area contributed by atoms with Gasteiger partial charge in [-0.2, -0.15) is 9.97 Å². The molecular weight excluding hydrogens is 392 g/mol. The van der Waals surface area contributed by atoms with E-state index in [0.717, 1.165) is 0 Å². The summed E-state index contributed by atoms with van der Waals surface area (Å²) in [7, 11) is 0. The highest BCUT2D eigenvalue weighted by Gasteiger charge is 2.20. The zero-order valence-corrected chi connectivity index (χ0v) is 17.5. The fourth-order valence-corrected chi connectivity index (χ4v) is 2.96. The Labute approximate surface area is 175 Å². The number of hydrogen-bond donors (Lipinski definition) is 6. The van der Waals surface area contributed by atoms with Crippen LogP contribution >= 0.6 is 0 Å². The van der Waals surface area contributed by atoms with Crippen molar-refractivity contribution in [2.45, 2.75) is 13.8 Å². The fraction of sp³-hybridized carbons (Fsp3) is 0.667. The summed E-state index contributed by atoms with van der Waals surface area (Å²) in [4.78, 5) is 21.7. The second kappa shape index (κ2) is 12.2. The van der Waals surface area contributed by atoms with Crippen LogP contribution < -0.4 is 20.4 Å². The number of aliphatic hydroxyl groups is 4. The molecule has 30 heavy (non-hydrogen) atoms. The maximum Gasteiger partial charge on any atom is 0.228 e. The van der Waals surface area contributed by atoms with Crippen LogP contribution in [0.3, 0.4) is 0 Å². The molecule has 0 radical (unpaired) electrons. The first-order valence-corrected chi connectivity index (χ1v) is 10.1. The van der Waals surface area contributed by atoms with Crippen molar-refractivity contribution >= 4 is 34.6 Å². The maximum absolute atomic E-state index is 9.37. The molecule has 0 aliphatic carbocycles. The van der Waals surface area contributed by atoms with Crippen LogP contribution in [0.1, 0.15) is 13.8 Å². The zero-order valence-electron chi connectivity index (χ0n) is 17.5. The lowest BCUT2D eigenvalue weighted by Gasteiger charge is -2.24. The molecular formula is C18H32N8O4. The molecule has 2 rings (SSSR count). The Morgan fingerprint density at radius 1 is 0.600 bits per heavy atom. The van der Waals surface area contributed by atoms with Gasteiger partial charge >= 0.3 is 0 Å². The maximum atomic E-state index is 9.37. The van der Waals surface area contributed by atoms with Crippen LogP contribution in [0.2, 0.25) is 0 Å². The molecule has 0 aliphatic rings. The highest BCUT2D eigenvalue weighted by Crippen LogP contribution is 2.28. The van der Waals surface area contributed by atoms with Gasteiger partial charge < -0.3 is 40.9 Å². The molecule has 0 fully saturated rings. The third-order valence-corrected chi connectivity index (χ3v) is 4.25. The Kier molecular flexibility index (Phi) is 9.67. The van der Waals surface area contributed by atoms with Gasteiger partial charge in [0.05, 0.1) is 26.4 Å². The van der Waals surface area contributed by atoms with E-state index in [2.05, 4.69) is 30.6 Å². The summed E-state index contributed by atoms with van der Waals surface area (Å²) in [5.74, 6) is 1.68. The lowest BCUT2D eigenvalue weighted by molar-refractivity contribution is 0.279. The van der Waals surface area contributed by atoms with Gasteiger partial charge in [0.25, 0.3) is 0 Å². The van der Waals surface area contributed by atoms with E-state index in [9.17, 15) is 20.4 Å². The lowest BCUT2D eigenvalue weighted by Crippen LogP contribution is -2.32. The minimum atomic E-state index is -0.106. The van der Waals surface area contributed by atoms with Gasteiger partial charge in [0.2, 0.25) is 11.9 Å². The van der Waals surface area contributed by atoms with E-state index in [1.54, 1.807) is 9.80 Å². The van der Waals surface area contributed by atoms with Crippen molar-refractivity contribution in [1.82, 2.24) is 19.9 Å². The van der Waals surface area contributed by atoms with Crippen LogP contribution in [0, 0.1) is 0 Å². The average Bonchev–Trinajstić information content (AvgIpc) is 2.74. The van der Waals surface area contributed by atoms with Crippen molar-refractivity contribution < 1.29 is 20.4 Å². The summed E-state index contributed by atoms with van der Waals surface area (Å²) < 4.78 is 0. The fourth-order valence-electron chi connectivity index (χ4n) is 2.96. The Bertz CT molecular complexity index is 717. The molecule has 12 nitrogen and oxygen atoms in total. The molecule has 12 heteroatoms. The van der Waals surface area contributed by atoms with Gasteiger partial charge in [0.15, 0.2) is 11.6 Å². The molecule has 0 amide bonds. The molecule has 0 aliphatic heterocycles. The van der Waals surface area contributed by atoms with Gasteiger partial charge in [-0.25, -0.2) is 9.97 Å². The van der Waals surface area contributed by atoms with E-state index in [0.29, 0.717) is 47.7 Å². The van der Waals surface area contributed by atoms with Crippen molar-refractivity contribution in [3.63, 3.8) is 0 Å². The molecule has 0 bridgehead atoms. The highest BCUT2D eigenvalue weighted by atomic mass is 16.3. The molecule has 168 valence electrons. The van der Waals surface area contributed by atoms with E-state index in [-0.39, 0.29) is 52.6 Å². The predicted molar refractivity (Wildman–Crippen MR) is 116 cm³/mol. The minimum Gasteiger partial charge on any atom is -0.395 e. The molecule has 0 saturated carbocycles. The number of anilines is 4. The molecule has 2 aromatic rings. The van der Waals surface area contributed by atoms with E-state index in [4.69, 9.17) is 0 Å². The smallest absolute Gasteiger partial charge is 0.228 e. The van der Waals surface area contributed by atoms with Crippen molar-refractivity contribution in [3.05, 3.63) is 0 Å². The molecule has 0 spiro atoms. The van der Waals surface area contributed by atoms with Gasteiger partial charge in [0.1, 0.15) is 11.0 Å². The van der Waals surface area contributed by atoms with Crippen LogP contribution in [0.15, 0.2) is 0 Å². The second-order valence-electron chi connectivity index (χ2n) is 6.37. The van der Waals surface area contributed by atoms with E-state index in [1.807, 2.05) is 13.8 Å². The number of nitrogens with zero attached hydrogens (tertiary/aromatic N) is 6. The molecule has 0 atom stereocenters. The third kappa shape index (κ3) is 5.75. The summed E-state index contributed by atoms with van der Waals surface area (Å²) in [6.45, 7) is 5.72. The topological polar surface area (TPSA) is 163 Å². The SMILES string of the molecule is CCNc1nc(N(CCO)CCO)nc2c(NCC)nc(N(CCO)CCO)nc12. The van der Waals surface area contributed by atoms with Crippen LogP contribution in [0.5, 0.6) is 0 Å². The first-order chi connectivity index (χ1) is 14.6. The van der Waals surface area contributed by atoms with Crippen molar-refractivity contribution in [1.29, 1.82) is 0 Å². The van der Waals surface area contributed by atoms with Gasteiger partial charge in [-0.1, -0.05) is 0 Å². The summed E-state index contributed by atoms with van der Waals surface area (Å²) in [5, 5.41) is 43.9. The molecule has 6 N–H and O–H groups in total. The van der Waals surface area contributed by atoms with Crippen LogP contribution in [0.4, 0.5) is 23.5 Å². The quantitative estimate of drug-likeness (QED) is 0.216. The molecule has 0 unspecified atom stereocenters. The first-order valence-electron chi connectivity index (χ1n) is 10.1. The minimum absolute atomic E-state index is 0.106. The summed E-state index contributed by atoms with van der Waals surface area (Å²) in [5.41, 5.74) is 0.991. The van der Waals surface area contributed by atoms with Crippen LogP contribution in [0.25, 0.3) is 11.0 Å². The molecule has 2 heterocycles. The van der Waals surface area contributed by atoms with E-state index in [1.165, 1.54) is 0 Å². The van der Waals surface area contributed by atoms with Crippen molar-refractivity contribution in [2.24, 2.45) is 0 Å². The Morgan fingerprint density at radius 2 is 0.933 bits per heavy atom. The summed E-state index contributed by atoms with van der Waals surface area (Å²) in [6.07, 6.45) is 0. The molecule has 0 aromatic carbocycles. The number of aliphatic hydroxyl groups excluding tert-OH is 4. The average molecular weight is 425 g/mol. The number of aromatic nitrogens is 4. The number of rotatable bonds is 14. The van der Waals surface area contributed by atoms with Gasteiger partial charge in [0, 0.05) is 39.3 Å². The van der Waals surface area contributed by atoms with Crippen molar-refractivity contribution in [3.8, 4) is 0 Å². The highest BCUT2D eigenvalue weighted by molar-refractivity contribution is 5.94. The normalized spacial score (nSPS) is 11.0. The van der Waals surface area contributed by atoms with Crippen LogP contribution in [-0.2, 0) is 0 Å². The Balaban J connectivity index is 2.70. The second-order valence-corrected chi connectivity index (χ2v) is 6.37. The Morgan fingerprint density at radius 3 is 1.20 bits per heavy atom. The largest absolute Gasteiger partial charge is 0.395 e. The standard InChI is InChI=1S/C18H32N8O4/c1-3-19-15-13-14(22-17(23-15)25(5-9-27)6-10-28)16(20-4-2)24-18(21-13)26(7-11-29)8-12-30/h27-30H,3-12H2,1-2H3,(H,19,22,23)(H,20,21,24). The van der Waals surface area contributed by atoms with E-state index >= 15 is 0 Å². The van der Waals surface area contributed by atoms with Crippen LogP contribution in [-0.4, -0.2) is 106 Å². The van der Waals surface area contributed by atoms with Gasteiger partial charge in [-0.15, -0.1) is 0 Å². The Hall–Kier alpha value is -2.54. The third-order valence-electron chi connectivity index (χ3n) is 4.25. The number of nitrogens with one attached hydrogen (secondary N) is 2.